The van der Waals surface area contributed by atoms with Crippen LogP contribution >= 0.6 is 12.2 Å². The molecule has 4 nitrogen and oxygen atoms in total. The van der Waals surface area contributed by atoms with Crippen molar-refractivity contribution in [3.8, 4) is 0 Å². The van der Waals surface area contributed by atoms with E-state index in [4.69, 9.17) is 18.0 Å². The Labute approximate surface area is 133 Å². The number of rotatable bonds is 2. The van der Waals surface area contributed by atoms with Gasteiger partial charge in [-0.15, -0.1) is 0 Å². The van der Waals surface area contributed by atoms with E-state index < -0.39 is 0 Å². The fourth-order valence-corrected chi connectivity index (χ4v) is 3.09. The zero-order valence-electron chi connectivity index (χ0n) is 13.5. The SMILES string of the molecule is Cc1cc(C(N)=S)nc(N2CCCC(C(C)(C)C)CC2)n1. The van der Waals surface area contributed by atoms with Crippen LogP contribution in [0, 0.1) is 18.3 Å². The van der Waals surface area contributed by atoms with Crippen molar-refractivity contribution in [1.29, 1.82) is 0 Å². The van der Waals surface area contributed by atoms with Crippen molar-refractivity contribution in [2.75, 3.05) is 18.0 Å². The lowest BCUT2D eigenvalue weighted by Gasteiger charge is -2.29. The number of anilines is 1. The molecule has 2 N–H and O–H groups in total. The van der Waals surface area contributed by atoms with Gasteiger partial charge in [-0.2, -0.15) is 0 Å². The van der Waals surface area contributed by atoms with Crippen molar-refractivity contribution in [3.05, 3.63) is 17.5 Å². The van der Waals surface area contributed by atoms with Gasteiger partial charge < -0.3 is 10.6 Å². The number of hydrogen-bond acceptors (Lipinski definition) is 4. The molecule has 0 aromatic carbocycles. The van der Waals surface area contributed by atoms with Crippen molar-refractivity contribution in [2.24, 2.45) is 17.1 Å². The lowest BCUT2D eigenvalue weighted by molar-refractivity contribution is 0.220. The normalized spacial score (nSPS) is 20.2. The highest BCUT2D eigenvalue weighted by Gasteiger charge is 2.27. The first-order valence-electron chi connectivity index (χ1n) is 7.68. The molecule has 0 saturated carbocycles. The number of thiocarbonyl (C=S) groups is 1. The standard InChI is InChI=1S/C16H26N4S/c1-11-10-13(14(17)21)19-15(18-11)20-8-5-6-12(7-9-20)16(2,3)4/h10,12H,5-9H2,1-4H3,(H2,17,21). The van der Waals surface area contributed by atoms with Gasteiger partial charge in [0.2, 0.25) is 5.95 Å². The summed E-state index contributed by atoms with van der Waals surface area (Å²) in [5.41, 5.74) is 7.67. The van der Waals surface area contributed by atoms with Gasteiger partial charge in [0.25, 0.3) is 0 Å². The molecule has 1 saturated heterocycles. The van der Waals surface area contributed by atoms with Crippen LogP contribution in [0.3, 0.4) is 0 Å². The molecule has 1 fully saturated rings. The minimum atomic E-state index is 0.337. The van der Waals surface area contributed by atoms with Gasteiger partial charge >= 0.3 is 0 Å². The lowest BCUT2D eigenvalue weighted by Crippen LogP contribution is -2.28. The van der Waals surface area contributed by atoms with Crippen LogP contribution < -0.4 is 10.6 Å². The van der Waals surface area contributed by atoms with Gasteiger partial charge in [0, 0.05) is 18.8 Å². The van der Waals surface area contributed by atoms with Crippen LogP contribution in [0.5, 0.6) is 0 Å². The summed E-state index contributed by atoms with van der Waals surface area (Å²) in [7, 11) is 0. The fourth-order valence-electron chi connectivity index (χ4n) is 2.98. The average molecular weight is 306 g/mol. The van der Waals surface area contributed by atoms with E-state index in [0.717, 1.165) is 30.6 Å². The van der Waals surface area contributed by atoms with Gasteiger partial charge in [-0.3, -0.25) is 0 Å². The highest BCUT2D eigenvalue weighted by atomic mass is 32.1. The number of nitrogens with two attached hydrogens (primary N) is 1. The molecule has 0 aliphatic carbocycles. The second-order valence-electron chi connectivity index (χ2n) is 7.04. The molecule has 1 aliphatic rings. The molecule has 0 spiro atoms. The minimum absolute atomic E-state index is 0.337. The first kappa shape index (κ1) is 16.1. The summed E-state index contributed by atoms with van der Waals surface area (Å²) in [6.07, 6.45) is 3.64. The predicted molar refractivity (Wildman–Crippen MR) is 91.7 cm³/mol. The molecular weight excluding hydrogens is 280 g/mol. The molecule has 1 aromatic rings. The second-order valence-corrected chi connectivity index (χ2v) is 7.48. The minimum Gasteiger partial charge on any atom is -0.388 e. The Morgan fingerprint density at radius 2 is 2.00 bits per heavy atom. The Hall–Kier alpha value is -1.23. The fraction of sp³-hybridized carbons (Fsp3) is 0.688. The van der Waals surface area contributed by atoms with Gasteiger partial charge in [-0.05, 0) is 43.6 Å². The molecule has 116 valence electrons. The summed E-state index contributed by atoms with van der Waals surface area (Å²) >= 11 is 5.05. The Morgan fingerprint density at radius 3 is 2.62 bits per heavy atom. The second kappa shape index (κ2) is 6.26. The Kier molecular flexibility index (Phi) is 4.81. The van der Waals surface area contributed by atoms with E-state index in [1.165, 1.54) is 19.3 Å². The van der Waals surface area contributed by atoms with E-state index in [-0.39, 0.29) is 0 Å². The predicted octanol–water partition coefficient (Wildman–Crippen LogP) is 3.07. The maximum absolute atomic E-state index is 5.71. The third-order valence-corrected chi connectivity index (χ3v) is 4.54. The molecule has 0 radical (unpaired) electrons. The van der Waals surface area contributed by atoms with Crippen molar-refractivity contribution < 1.29 is 0 Å². The highest BCUT2D eigenvalue weighted by molar-refractivity contribution is 7.80. The molecule has 5 heteroatoms. The number of nitrogens with zero attached hydrogens (tertiary/aromatic N) is 3. The summed E-state index contributed by atoms with van der Waals surface area (Å²) in [5.74, 6) is 1.52. The van der Waals surface area contributed by atoms with E-state index in [0.29, 0.717) is 16.1 Å². The number of aromatic nitrogens is 2. The van der Waals surface area contributed by atoms with Crippen LogP contribution in [0.4, 0.5) is 5.95 Å². The first-order chi connectivity index (χ1) is 9.77. The summed E-state index contributed by atoms with van der Waals surface area (Å²) in [6, 6.07) is 1.85. The molecule has 1 atom stereocenters. The van der Waals surface area contributed by atoms with Crippen LogP contribution in [0.25, 0.3) is 0 Å². The average Bonchev–Trinajstić information content (AvgIpc) is 2.63. The Bertz CT molecular complexity index is 521. The zero-order chi connectivity index (χ0) is 15.6. The number of hydrogen-bond donors (Lipinski definition) is 1. The molecule has 0 amide bonds. The lowest BCUT2D eigenvalue weighted by atomic mass is 9.77. The largest absolute Gasteiger partial charge is 0.388 e. The van der Waals surface area contributed by atoms with Crippen LogP contribution in [0.15, 0.2) is 6.07 Å². The third kappa shape index (κ3) is 4.13. The third-order valence-electron chi connectivity index (χ3n) is 4.33. The monoisotopic (exact) mass is 306 g/mol. The zero-order valence-corrected chi connectivity index (χ0v) is 14.3. The summed E-state index contributed by atoms with van der Waals surface area (Å²) in [6.45, 7) is 11.0. The van der Waals surface area contributed by atoms with E-state index in [1.54, 1.807) is 0 Å². The maximum atomic E-state index is 5.71. The van der Waals surface area contributed by atoms with Crippen molar-refractivity contribution in [2.45, 2.75) is 47.0 Å². The topological polar surface area (TPSA) is 55.0 Å². The van der Waals surface area contributed by atoms with Crippen molar-refractivity contribution in [1.82, 2.24) is 9.97 Å². The van der Waals surface area contributed by atoms with Crippen LogP contribution in [-0.4, -0.2) is 28.0 Å². The van der Waals surface area contributed by atoms with Crippen LogP contribution in [0.2, 0.25) is 0 Å². The Morgan fingerprint density at radius 1 is 1.29 bits per heavy atom. The first-order valence-corrected chi connectivity index (χ1v) is 8.08. The summed E-state index contributed by atoms with van der Waals surface area (Å²) in [4.78, 5) is 11.7. The van der Waals surface area contributed by atoms with E-state index in [9.17, 15) is 0 Å². The molecule has 1 aliphatic heterocycles. The Balaban J connectivity index is 2.17. The van der Waals surface area contributed by atoms with E-state index in [1.807, 2.05) is 13.0 Å². The van der Waals surface area contributed by atoms with Gasteiger partial charge in [0.15, 0.2) is 0 Å². The van der Waals surface area contributed by atoms with Gasteiger partial charge in [0.05, 0.1) is 0 Å². The van der Waals surface area contributed by atoms with Crippen molar-refractivity contribution in [3.63, 3.8) is 0 Å². The number of aryl methyl sites for hydroxylation is 1. The maximum Gasteiger partial charge on any atom is 0.226 e. The summed E-state index contributed by atoms with van der Waals surface area (Å²) in [5, 5.41) is 0. The van der Waals surface area contributed by atoms with Crippen molar-refractivity contribution >= 4 is 23.2 Å². The summed E-state index contributed by atoms with van der Waals surface area (Å²) < 4.78 is 0. The molecule has 2 rings (SSSR count). The van der Waals surface area contributed by atoms with E-state index in [2.05, 4.69) is 35.6 Å². The van der Waals surface area contributed by atoms with Crippen LogP contribution in [-0.2, 0) is 0 Å². The molecule has 21 heavy (non-hydrogen) atoms. The molecule has 1 unspecified atom stereocenters. The van der Waals surface area contributed by atoms with Gasteiger partial charge in [-0.25, -0.2) is 9.97 Å². The quantitative estimate of drug-likeness (QED) is 0.851. The molecule has 0 bridgehead atoms. The molecule has 2 heterocycles. The van der Waals surface area contributed by atoms with Gasteiger partial charge in [0.1, 0.15) is 10.7 Å². The molecule has 1 aromatic heterocycles. The van der Waals surface area contributed by atoms with Gasteiger partial charge in [-0.1, -0.05) is 33.0 Å². The molecular formula is C16H26N4S. The van der Waals surface area contributed by atoms with E-state index >= 15 is 0 Å². The van der Waals surface area contributed by atoms with Crippen LogP contribution in [0.1, 0.15) is 51.4 Å². The smallest absolute Gasteiger partial charge is 0.226 e. The highest BCUT2D eigenvalue weighted by Crippen LogP contribution is 2.34.